The molecule has 0 unspecified atom stereocenters. The molecule has 3 heterocycles. The van der Waals surface area contributed by atoms with Crippen molar-refractivity contribution in [2.45, 2.75) is 24.5 Å². The first-order valence-electron chi connectivity index (χ1n) is 7.07. The van der Waals surface area contributed by atoms with Gasteiger partial charge in [0.05, 0.1) is 13.7 Å². The van der Waals surface area contributed by atoms with Gasteiger partial charge in [-0.25, -0.2) is 18.9 Å². The SMILES string of the molecule is CO[C@@H]1[C@H](O)[C@@H](CO)O[C@H]1[n+]1cn(C)c2c(=O)n(C)c(=O)[nH]c21. The molecule has 10 nitrogen and oxygen atoms in total. The summed E-state index contributed by atoms with van der Waals surface area (Å²) in [5.74, 6) is 0. The first-order valence-corrected chi connectivity index (χ1v) is 7.07. The number of rotatable bonds is 3. The summed E-state index contributed by atoms with van der Waals surface area (Å²) in [6.45, 7) is -0.374. The van der Waals surface area contributed by atoms with Gasteiger partial charge in [0.2, 0.25) is 11.7 Å². The first kappa shape index (κ1) is 15.9. The van der Waals surface area contributed by atoms with Crippen molar-refractivity contribution in [1.82, 2.24) is 14.1 Å². The summed E-state index contributed by atoms with van der Waals surface area (Å²) in [6.07, 6.45) is -1.82. The van der Waals surface area contributed by atoms with Crippen LogP contribution in [0.2, 0.25) is 0 Å². The van der Waals surface area contributed by atoms with E-state index in [1.807, 2.05) is 0 Å². The van der Waals surface area contributed by atoms with Crippen LogP contribution in [0.25, 0.3) is 11.2 Å². The van der Waals surface area contributed by atoms with E-state index in [2.05, 4.69) is 4.98 Å². The molecule has 0 spiro atoms. The van der Waals surface area contributed by atoms with Gasteiger partial charge in [0.25, 0.3) is 5.65 Å². The second-order valence-corrected chi connectivity index (χ2v) is 5.56. The maximum absolute atomic E-state index is 12.3. The van der Waals surface area contributed by atoms with Crippen LogP contribution < -0.4 is 15.8 Å². The number of hydrogen-bond donors (Lipinski definition) is 3. The Balaban J connectivity index is 2.21. The highest BCUT2D eigenvalue weighted by atomic mass is 16.6. The molecule has 126 valence electrons. The number of nitrogens with one attached hydrogen (secondary N) is 1. The third kappa shape index (κ3) is 2.22. The smallest absolute Gasteiger partial charge is 0.386 e. The van der Waals surface area contributed by atoms with Crippen molar-refractivity contribution in [3.8, 4) is 0 Å². The van der Waals surface area contributed by atoms with Gasteiger partial charge in [-0.2, -0.15) is 0 Å². The van der Waals surface area contributed by atoms with Crippen LogP contribution in [0, 0.1) is 0 Å². The number of aryl methyl sites for hydroxylation is 1. The lowest BCUT2D eigenvalue weighted by Gasteiger charge is -2.16. The molecule has 1 fully saturated rings. The molecule has 1 aliphatic heterocycles. The summed E-state index contributed by atoms with van der Waals surface area (Å²) in [5.41, 5.74) is -0.462. The third-order valence-corrected chi connectivity index (χ3v) is 4.21. The average Bonchev–Trinajstić information content (AvgIpc) is 3.01. The number of fused-ring (bicyclic) bond motifs is 1. The number of methoxy groups -OCH3 is 1. The summed E-state index contributed by atoms with van der Waals surface area (Å²) < 4.78 is 15.0. The molecular weight excluding hydrogens is 308 g/mol. The summed E-state index contributed by atoms with van der Waals surface area (Å²) in [7, 11) is 4.46. The van der Waals surface area contributed by atoms with Crippen molar-refractivity contribution in [3.05, 3.63) is 27.2 Å². The van der Waals surface area contributed by atoms with Crippen LogP contribution in [0.5, 0.6) is 0 Å². The Bertz CT molecular complexity index is 852. The molecule has 3 N–H and O–H groups in total. The van der Waals surface area contributed by atoms with Gasteiger partial charge in [0.1, 0.15) is 18.3 Å². The predicted octanol–water partition coefficient (Wildman–Crippen LogP) is -2.88. The van der Waals surface area contributed by atoms with E-state index in [1.165, 1.54) is 18.7 Å². The number of H-pyrrole nitrogens is 1. The quantitative estimate of drug-likeness (QED) is 0.521. The number of aliphatic hydroxyl groups excluding tert-OH is 2. The Morgan fingerprint density at radius 1 is 1.43 bits per heavy atom. The molecule has 2 aromatic rings. The molecule has 0 amide bonds. The summed E-state index contributed by atoms with van der Waals surface area (Å²) >= 11 is 0. The second-order valence-electron chi connectivity index (χ2n) is 5.56. The van der Waals surface area contributed by atoms with Crippen molar-refractivity contribution in [2.24, 2.45) is 14.1 Å². The van der Waals surface area contributed by atoms with Gasteiger partial charge in [0.15, 0.2) is 6.33 Å². The molecule has 10 heteroatoms. The molecule has 1 aliphatic rings. The molecule has 1 saturated heterocycles. The molecule has 0 radical (unpaired) electrons. The minimum Gasteiger partial charge on any atom is -0.394 e. The van der Waals surface area contributed by atoms with E-state index in [0.717, 1.165) is 4.57 Å². The largest absolute Gasteiger partial charge is 0.394 e. The Labute approximate surface area is 130 Å². The van der Waals surface area contributed by atoms with Gasteiger partial charge < -0.3 is 19.7 Å². The fourth-order valence-corrected chi connectivity index (χ4v) is 2.94. The predicted molar refractivity (Wildman–Crippen MR) is 76.8 cm³/mol. The molecular formula is C13H19N4O6+. The lowest BCUT2D eigenvalue weighted by atomic mass is 10.1. The van der Waals surface area contributed by atoms with Crippen LogP contribution >= 0.6 is 0 Å². The standard InChI is InChI=1S/C13H18N4O6/c1-15-5-17(10-7(15)11(20)16(2)13(21)14-10)12-9(22-3)8(19)6(4-18)23-12/h5-6,8-9,12,18-19H,4H2,1-3H3/p+1/t6-,8-,9-,12-/m1/s1. The van der Waals surface area contributed by atoms with Gasteiger partial charge in [-0.1, -0.05) is 0 Å². The van der Waals surface area contributed by atoms with E-state index in [0.29, 0.717) is 0 Å². The zero-order valence-corrected chi connectivity index (χ0v) is 13.0. The average molecular weight is 327 g/mol. The summed E-state index contributed by atoms with van der Waals surface area (Å²) in [4.78, 5) is 26.8. The fourth-order valence-electron chi connectivity index (χ4n) is 2.94. The molecule has 0 bridgehead atoms. The highest BCUT2D eigenvalue weighted by Crippen LogP contribution is 2.28. The van der Waals surface area contributed by atoms with Gasteiger partial charge in [-0.3, -0.25) is 9.36 Å². The van der Waals surface area contributed by atoms with E-state index >= 15 is 0 Å². The minimum atomic E-state index is -1.03. The zero-order chi connectivity index (χ0) is 16.9. The van der Waals surface area contributed by atoms with Crippen molar-refractivity contribution in [1.29, 1.82) is 0 Å². The number of aromatic nitrogens is 4. The van der Waals surface area contributed by atoms with E-state index in [4.69, 9.17) is 9.47 Å². The van der Waals surface area contributed by atoms with E-state index in [9.17, 15) is 19.8 Å². The number of hydrogen-bond acceptors (Lipinski definition) is 6. The van der Waals surface area contributed by atoms with E-state index < -0.39 is 35.8 Å². The molecule has 23 heavy (non-hydrogen) atoms. The molecule has 3 rings (SSSR count). The van der Waals surface area contributed by atoms with E-state index in [-0.39, 0.29) is 17.8 Å². The molecule has 0 aromatic carbocycles. The minimum absolute atomic E-state index is 0.262. The van der Waals surface area contributed by atoms with Crippen molar-refractivity contribution in [3.63, 3.8) is 0 Å². The highest BCUT2D eigenvalue weighted by Gasteiger charge is 2.47. The normalized spacial score (nSPS) is 27.9. The number of imidazole rings is 1. The third-order valence-electron chi connectivity index (χ3n) is 4.21. The highest BCUT2D eigenvalue weighted by molar-refractivity contribution is 5.65. The van der Waals surface area contributed by atoms with Crippen LogP contribution in [-0.2, 0) is 23.6 Å². The Hall–Kier alpha value is -2.01. The second kappa shape index (κ2) is 5.57. The zero-order valence-electron chi connectivity index (χ0n) is 13.0. The number of aromatic amines is 1. The number of aliphatic hydroxyl groups is 2. The molecule has 2 aromatic heterocycles. The van der Waals surface area contributed by atoms with Crippen molar-refractivity contribution in [2.75, 3.05) is 13.7 Å². The molecule has 4 atom stereocenters. The Morgan fingerprint density at radius 2 is 2.13 bits per heavy atom. The maximum Gasteiger partial charge on any atom is 0.386 e. The monoisotopic (exact) mass is 327 g/mol. The van der Waals surface area contributed by atoms with Crippen LogP contribution in [-0.4, -0.2) is 56.4 Å². The summed E-state index contributed by atoms with van der Waals surface area (Å²) in [5, 5.41) is 19.4. The molecule has 0 aliphatic carbocycles. The molecule has 0 saturated carbocycles. The van der Waals surface area contributed by atoms with Crippen molar-refractivity contribution < 1.29 is 24.3 Å². The van der Waals surface area contributed by atoms with Crippen LogP contribution in [0.1, 0.15) is 6.23 Å². The number of nitrogens with zero attached hydrogens (tertiary/aromatic N) is 3. The topological polar surface area (TPSA) is 123 Å². The fraction of sp³-hybridized carbons (Fsp3) is 0.615. The van der Waals surface area contributed by atoms with Crippen LogP contribution in [0.15, 0.2) is 15.9 Å². The Kier molecular flexibility index (Phi) is 3.84. The lowest BCUT2D eigenvalue weighted by Crippen LogP contribution is -2.48. The van der Waals surface area contributed by atoms with Crippen molar-refractivity contribution >= 4 is 11.2 Å². The van der Waals surface area contributed by atoms with Gasteiger partial charge in [0, 0.05) is 14.2 Å². The Morgan fingerprint density at radius 3 is 2.74 bits per heavy atom. The number of ether oxygens (including phenoxy) is 2. The summed E-state index contributed by atoms with van der Waals surface area (Å²) in [6, 6.07) is 0. The van der Waals surface area contributed by atoms with E-state index in [1.54, 1.807) is 17.9 Å². The van der Waals surface area contributed by atoms with Crippen LogP contribution in [0.3, 0.4) is 0 Å². The van der Waals surface area contributed by atoms with Crippen LogP contribution in [0.4, 0.5) is 0 Å². The maximum atomic E-state index is 12.3. The lowest BCUT2D eigenvalue weighted by molar-refractivity contribution is -0.746. The van der Waals surface area contributed by atoms with Gasteiger partial charge in [-0.05, 0) is 0 Å². The first-order chi connectivity index (χ1) is 10.9. The van der Waals surface area contributed by atoms with Gasteiger partial charge in [-0.15, -0.1) is 0 Å². The van der Waals surface area contributed by atoms with Gasteiger partial charge >= 0.3 is 11.2 Å².